The van der Waals surface area contributed by atoms with Crippen LogP contribution in [-0.2, 0) is 39.5 Å². The van der Waals surface area contributed by atoms with E-state index < -0.39 is 34.6 Å². The largest absolute Gasteiger partial charge is 0.497 e. The summed E-state index contributed by atoms with van der Waals surface area (Å²) in [6.45, 7) is 0. The third-order valence-electron chi connectivity index (χ3n) is 7.79. The summed E-state index contributed by atoms with van der Waals surface area (Å²) in [6.07, 6.45) is 2.71. The van der Waals surface area contributed by atoms with E-state index in [-0.39, 0.29) is 11.1 Å². The molecule has 0 saturated carbocycles. The quantitative estimate of drug-likeness (QED) is 0.566. The van der Waals surface area contributed by atoms with E-state index >= 15 is 0 Å². The van der Waals surface area contributed by atoms with E-state index in [0.717, 1.165) is 0 Å². The summed E-state index contributed by atoms with van der Waals surface area (Å²) >= 11 is 0. The van der Waals surface area contributed by atoms with E-state index in [9.17, 15) is 19.2 Å². The molecule has 2 aliphatic heterocycles. The number of amides is 2. The number of hydrogen-bond donors (Lipinski definition) is 0. The number of benzene rings is 2. The maximum atomic E-state index is 14.7. The van der Waals surface area contributed by atoms with Gasteiger partial charge in [-0.05, 0) is 48.6 Å². The van der Waals surface area contributed by atoms with E-state index in [2.05, 4.69) is 0 Å². The SMILES string of the molecule is COC(=O)C1=CC=C(C(=O)OC)[C@@]2(C(=O)N(C)c3ccc(OC)cc32)[C@@]12C(=O)N(C)c1ccc(OC)cc12. The van der Waals surface area contributed by atoms with Crippen molar-refractivity contribution < 1.29 is 38.1 Å². The number of carbonyl (C=O) groups excluding carboxylic acids is 4. The van der Waals surface area contributed by atoms with E-state index in [1.807, 2.05) is 0 Å². The van der Waals surface area contributed by atoms with Crippen LogP contribution in [0.1, 0.15) is 11.1 Å². The molecule has 2 heterocycles. The number of anilines is 2. The van der Waals surface area contributed by atoms with Gasteiger partial charge >= 0.3 is 11.9 Å². The fourth-order valence-corrected chi connectivity index (χ4v) is 6.15. The molecule has 2 aromatic rings. The first-order valence-corrected chi connectivity index (χ1v) is 11.7. The minimum atomic E-state index is -2.04. The Morgan fingerprint density at radius 3 is 1.34 bits per heavy atom. The van der Waals surface area contributed by atoms with Crippen LogP contribution in [0.4, 0.5) is 11.4 Å². The number of ether oxygens (including phenoxy) is 4. The molecule has 0 fully saturated rings. The Balaban J connectivity index is 2.06. The van der Waals surface area contributed by atoms with E-state index in [4.69, 9.17) is 18.9 Å². The van der Waals surface area contributed by atoms with Gasteiger partial charge in [-0.25, -0.2) is 9.59 Å². The van der Waals surface area contributed by atoms with Gasteiger partial charge in [-0.15, -0.1) is 0 Å². The van der Waals surface area contributed by atoms with Gasteiger partial charge in [0.1, 0.15) is 22.3 Å². The third-order valence-corrected chi connectivity index (χ3v) is 7.79. The number of rotatable bonds is 4. The van der Waals surface area contributed by atoms with Crippen LogP contribution < -0.4 is 19.3 Å². The van der Waals surface area contributed by atoms with Crippen LogP contribution in [0.5, 0.6) is 11.5 Å². The summed E-state index contributed by atoms with van der Waals surface area (Å²) in [5.41, 5.74) is -2.77. The van der Waals surface area contributed by atoms with E-state index in [1.54, 1.807) is 50.5 Å². The van der Waals surface area contributed by atoms with Gasteiger partial charge in [0.15, 0.2) is 0 Å². The molecule has 0 N–H and O–H groups in total. The standard InChI is InChI=1S/C28H26N2O8/c1-29-21-11-7-15(35-3)13-19(21)27(25(29)33)17(23(31)37-5)9-10-18(24(32)38-6)28(27)20-14-16(36-4)8-12-22(20)30(2)26(28)34/h7-14H,1-6H3/t27-,28+. The maximum Gasteiger partial charge on any atom is 0.335 e. The molecule has 1 aliphatic carbocycles. The molecule has 0 bridgehead atoms. The van der Waals surface area contributed by atoms with Crippen LogP contribution in [0.2, 0.25) is 0 Å². The predicted octanol–water partition coefficient (Wildman–Crippen LogP) is 2.04. The van der Waals surface area contributed by atoms with Crippen molar-refractivity contribution in [1.29, 1.82) is 0 Å². The van der Waals surface area contributed by atoms with Gasteiger partial charge in [-0.1, -0.05) is 0 Å². The highest BCUT2D eigenvalue weighted by molar-refractivity contribution is 6.27. The first-order valence-electron chi connectivity index (χ1n) is 11.7. The fraction of sp³-hybridized carbons (Fsp3) is 0.286. The number of methoxy groups -OCH3 is 4. The van der Waals surface area contributed by atoms with Crippen molar-refractivity contribution in [2.45, 2.75) is 10.8 Å². The number of nitrogens with zero attached hydrogens (tertiary/aromatic N) is 2. The van der Waals surface area contributed by atoms with Gasteiger partial charge in [0, 0.05) is 36.6 Å². The molecule has 2 amide bonds. The molecule has 10 heteroatoms. The summed E-state index contributed by atoms with van der Waals surface area (Å²) in [5.74, 6) is -2.05. The van der Waals surface area contributed by atoms with Crippen LogP contribution in [0.25, 0.3) is 0 Å². The summed E-state index contributed by atoms with van der Waals surface area (Å²) in [6, 6.07) is 9.93. The normalized spacial score (nSPS) is 23.2. The third kappa shape index (κ3) is 2.71. The topological polar surface area (TPSA) is 112 Å². The molecule has 38 heavy (non-hydrogen) atoms. The molecule has 0 saturated heterocycles. The Morgan fingerprint density at radius 1 is 0.658 bits per heavy atom. The number of hydrogen-bond acceptors (Lipinski definition) is 8. The van der Waals surface area contributed by atoms with Crippen molar-refractivity contribution in [3.05, 3.63) is 70.8 Å². The molecular formula is C28H26N2O8. The minimum absolute atomic E-state index is 0.103. The minimum Gasteiger partial charge on any atom is -0.497 e. The van der Waals surface area contributed by atoms with Crippen LogP contribution in [0, 0.1) is 0 Å². The lowest BCUT2D eigenvalue weighted by molar-refractivity contribution is -0.144. The highest BCUT2D eigenvalue weighted by Gasteiger charge is 2.76. The van der Waals surface area contributed by atoms with Crippen molar-refractivity contribution in [1.82, 2.24) is 0 Å². The molecule has 2 atom stereocenters. The lowest BCUT2D eigenvalue weighted by Crippen LogP contribution is -2.64. The van der Waals surface area contributed by atoms with Gasteiger partial charge in [0.25, 0.3) is 0 Å². The van der Waals surface area contributed by atoms with Crippen LogP contribution >= 0.6 is 0 Å². The van der Waals surface area contributed by atoms with Crippen molar-refractivity contribution in [3.8, 4) is 11.5 Å². The molecule has 2 spiro atoms. The molecule has 10 nitrogen and oxygen atoms in total. The molecule has 0 unspecified atom stereocenters. The summed E-state index contributed by atoms with van der Waals surface area (Å²) in [7, 11) is 8.43. The number of esters is 2. The summed E-state index contributed by atoms with van der Waals surface area (Å²) < 4.78 is 21.3. The molecule has 0 radical (unpaired) electrons. The lowest BCUT2D eigenvalue weighted by Gasteiger charge is -2.47. The first-order chi connectivity index (χ1) is 18.2. The molecule has 3 aliphatic rings. The molecule has 196 valence electrons. The van der Waals surface area contributed by atoms with Crippen molar-refractivity contribution in [2.75, 3.05) is 52.3 Å². The van der Waals surface area contributed by atoms with Crippen LogP contribution in [0.3, 0.4) is 0 Å². The lowest BCUT2D eigenvalue weighted by atomic mass is 9.49. The molecule has 0 aromatic heterocycles. The Bertz CT molecular complexity index is 1380. The van der Waals surface area contributed by atoms with Crippen molar-refractivity contribution >= 4 is 35.1 Å². The number of carbonyl (C=O) groups is 4. The molecule has 2 aromatic carbocycles. The Kier molecular flexibility index (Phi) is 5.59. The van der Waals surface area contributed by atoms with E-state index in [0.29, 0.717) is 34.0 Å². The first kappa shape index (κ1) is 25.1. The molecule has 5 rings (SSSR count). The summed E-state index contributed by atoms with van der Waals surface area (Å²) in [5, 5.41) is 0. The van der Waals surface area contributed by atoms with Crippen molar-refractivity contribution in [3.63, 3.8) is 0 Å². The van der Waals surface area contributed by atoms with Gasteiger partial charge in [0.05, 0.1) is 39.6 Å². The number of allylic oxidation sites excluding steroid dienone is 2. The zero-order valence-corrected chi connectivity index (χ0v) is 21.8. The Morgan fingerprint density at radius 2 is 1.03 bits per heavy atom. The second kappa shape index (κ2) is 8.47. The maximum absolute atomic E-state index is 14.7. The Labute approximate surface area is 219 Å². The average Bonchev–Trinajstić information content (AvgIpc) is 3.30. The fourth-order valence-electron chi connectivity index (χ4n) is 6.15. The Hall–Kier alpha value is -4.60. The summed E-state index contributed by atoms with van der Waals surface area (Å²) in [4.78, 5) is 59.0. The van der Waals surface area contributed by atoms with Gasteiger partial charge in [-0.3, -0.25) is 9.59 Å². The van der Waals surface area contributed by atoms with Gasteiger partial charge in [-0.2, -0.15) is 0 Å². The monoisotopic (exact) mass is 518 g/mol. The second-order valence-electron chi connectivity index (χ2n) is 9.14. The number of fused-ring (bicyclic) bond motifs is 5. The zero-order chi connectivity index (χ0) is 27.6. The van der Waals surface area contributed by atoms with Crippen molar-refractivity contribution in [2.24, 2.45) is 0 Å². The zero-order valence-electron chi connectivity index (χ0n) is 21.8. The van der Waals surface area contributed by atoms with Crippen LogP contribution in [0.15, 0.2) is 59.7 Å². The smallest absolute Gasteiger partial charge is 0.335 e. The number of likely N-dealkylation sites (N-methyl/N-ethyl adjacent to an activating group) is 2. The van der Waals surface area contributed by atoms with Crippen LogP contribution in [-0.4, -0.2) is 66.3 Å². The second-order valence-corrected chi connectivity index (χ2v) is 9.14. The van der Waals surface area contributed by atoms with Gasteiger partial charge < -0.3 is 28.7 Å². The van der Waals surface area contributed by atoms with Gasteiger partial charge in [0.2, 0.25) is 11.8 Å². The highest BCUT2D eigenvalue weighted by atomic mass is 16.5. The predicted molar refractivity (Wildman–Crippen MR) is 136 cm³/mol. The highest BCUT2D eigenvalue weighted by Crippen LogP contribution is 2.65. The average molecular weight is 519 g/mol. The molecular weight excluding hydrogens is 492 g/mol. The van der Waals surface area contributed by atoms with E-state index in [1.165, 1.54) is 50.4 Å².